The number of aryl methyl sites for hydroxylation is 1. The second-order valence-corrected chi connectivity index (χ2v) is 18.8. The van der Waals surface area contributed by atoms with E-state index in [9.17, 15) is 28.6 Å². The van der Waals surface area contributed by atoms with Crippen molar-refractivity contribution < 1.29 is 38.1 Å². The molecule has 1 saturated heterocycles. The van der Waals surface area contributed by atoms with Crippen LogP contribution in [0.5, 0.6) is 0 Å². The molecule has 7 atom stereocenters. The van der Waals surface area contributed by atoms with Crippen LogP contribution < -0.4 is 10.6 Å². The van der Waals surface area contributed by atoms with Gasteiger partial charge in [0.25, 0.3) is 0 Å². The Labute approximate surface area is 289 Å². The summed E-state index contributed by atoms with van der Waals surface area (Å²) in [6, 6.07) is 3.93. The highest BCUT2D eigenvalue weighted by atomic mass is 31.2. The van der Waals surface area contributed by atoms with Crippen LogP contribution in [-0.4, -0.2) is 81.0 Å². The minimum atomic E-state index is -3.91. The number of fused-ring (bicyclic) bond motifs is 3. The Kier molecular flexibility index (Phi) is 10.6. The molecule has 49 heavy (non-hydrogen) atoms. The number of nitrogens with one attached hydrogen (secondary N) is 2. The van der Waals surface area contributed by atoms with Crippen LogP contribution in [-0.2, 0) is 43.1 Å². The fourth-order valence-corrected chi connectivity index (χ4v) is 9.67. The molecule has 4 bridgehead atoms. The van der Waals surface area contributed by atoms with Crippen molar-refractivity contribution in [3.05, 3.63) is 47.5 Å². The number of carbonyl (C=O) groups is 4. The Balaban J connectivity index is 1.45. The SMILES string of the molecule is C=C[C@H]1C[C@]1(NC(=O)[C@@H]1C[C@@H]2CN1C(=O)[C@H](C(C)(C)C)NC(=O)OC[C@@H](C)CCCCc1cccc3c1CN(C3)C(=O)O2)P(=O)(O)C(C)C. The monoisotopic (exact) mass is 700 g/mol. The standard InChI is InChI=1S/C36H53N4O8P/c1-8-26-17-36(26,49(45,46)22(2)3)38-31(41)29-16-27-19-40(29)32(42)30(35(5,6)7)37-33(43)47-21-23(4)12-9-10-13-24-14-11-15-25-18-39(20-28(24)25)34(44)48-27/h8,11,14-15,22-23,26-27,29-30H,1,9-10,12-13,16-21H2,2-7H3,(H,37,43)(H,38,41)(H,45,46)/t23-,26-,27+,29-,30+,36-/m0/s1. The van der Waals surface area contributed by atoms with E-state index in [1.807, 2.05) is 19.1 Å². The Hall–Kier alpha value is -3.37. The highest BCUT2D eigenvalue weighted by molar-refractivity contribution is 7.60. The summed E-state index contributed by atoms with van der Waals surface area (Å²) in [7, 11) is -3.91. The first-order valence-corrected chi connectivity index (χ1v) is 19.3. The maximum atomic E-state index is 14.4. The van der Waals surface area contributed by atoms with Gasteiger partial charge in [-0.2, -0.15) is 0 Å². The number of hydrogen-bond acceptors (Lipinski definition) is 7. The molecule has 0 spiro atoms. The smallest absolute Gasteiger partial charge is 0.410 e. The third kappa shape index (κ3) is 7.55. The van der Waals surface area contributed by atoms with Crippen molar-refractivity contribution in [2.45, 2.75) is 122 Å². The summed E-state index contributed by atoms with van der Waals surface area (Å²) in [6.07, 6.45) is 3.34. The Morgan fingerprint density at radius 1 is 1.18 bits per heavy atom. The normalized spacial score (nSPS) is 30.9. The minimum Gasteiger partial charge on any atom is -0.449 e. The first-order chi connectivity index (χ1) is 23.0. The Morgan fingerprint density at radius 3 is 2.55 bits per heavy atom. The average Bonchev–Trinajstić information content (AvgIpc) is 3.35. The number of alkyl carbamates (subject to hydrolysis) is 1. The van der Waals surface area contributed by atoms with Gasteiger partial charge in [0.15, 0.2) is 0 Å². The van der Waals surface area contributed by atoms with Gasteiger partial charge in [-0.1, -0.05) is 72.2 Å². The molecule has 3 N–H and O–H groups in total. The van der Waals surface area contributed by atoms with Crippen LogP contribution in [0, 0.1) is 17.3 Å². The molecule has 12 nitrogen and oxygen atoms in total. The largest absolute Gasteiger partial charge is 0.449 e. The first-order valence-electron chi connectivity index (χ1n) is 17.5. The highest BCUT2D eigenvalue weighted by Crippen LogP contribution is 2.71. The van der Waals surface area contributed by atoms with Gasteiger partial charge in [0.1, 0.15) is 23.5 Å². The van der Waals surface area contributed by atoms with Gasteiger partial charge >= 0.3 is 12.2 Å². The second kappa shape index (κ2) is 14.1. The van der Waals surface area contributed by atoms with Crippen LogP contribution in [0.1, 0.15) is 90.3 Å². The zero-order valence-electron chi connectivity index (χ0n) is 29.7. The number of carbonyl (C=O) groups excluding carboxylic acids is 4. The first kappa shape index (κ1) is 36.9. The second-order valence-electron chi connectivity index (χ2n) is 15.7. The molecule has 1 unspecified atom stereocenters. The number of ether oxygens (including phenoxy) is 2. The van der Waals surface area contributed by atoms with Crippen LogP contribution in [0.4, 0.5) is 9.59 Å². The summed E-state index contributed by atoms with van der Waals surface area (Å²) in [5, 5.41) is 4.21. The summed E-state index contributed by atoms with van der Waals surface area (Å²) < 4.78 is 25.2. The molecule has 5 rings (SSSR count). The van der Waals surface area contributed by atoms with Crippen molar-refractivity contribution in [3.8, 4) is 0 Å². The maximum absolute atomic E-state index is 14.4. The van der Waals surface area contributed by atoms with E-state index in [2.05, 4.69) is 23.3 Å². The molecule has 3 heterocycles. The van der Waals surface area contributed by atoms with Gasteiger partial charge < -0.3 is 29.9 Å². The average molecular weight is 701 g/mol. The van der Waals surface area contributed by atoms with Gasteiger partial charge in [-0.3, -0.25) is 19.1 Å². The van der Waals surface area contributed by atoms with E-state index in [1.165, 1.54) is 10.5 Å². The van der Waals surface area contributed by atoms with Gasteiger partial charge in [-0.15, -0.1) is 6.58 Å². The van der Waals surface area contributed by atoms with E-state index in [4.69, 9.17) is 9.47 Å². The van der Waals surface area contributed by atoms with Crippen molar-refractivity contribution in [3.63, 3.8) is 0 Å². The third-order valence-electron chi connectivity index (χ3n) is 10.6. The molecule has 4 aliphatic rings. The number of nitrogens with zero attached hydrogens (tertiary/aromatic N) is 2. The molecule has 0 aromatic heterocycles. The Morgan fingerprint density at radius 2 is 1.90 bits per heavy atom. The molecule has 0 radical (unpaired) electrons. The lowest BCUT2D eigenvalue weighted by molar-refractivity contribution is -0.142. The lowest BCUT2D eigenvalue weighted by atomic mass is 9.85. The fraction of sp³-hybridized carbons (Fsp3) is 0.667. The molecule has 1 aromatic rings. The number of amides is 4. The fourth-order valence-electron chi connectivity index (χ4n) is 7.43. The molecule has 13 heteroatoms. The van der Waals surface area contributed by atoms with Gasteiger partial charge in [-0.25, -0.2) is 9.59 Å². The van der Waals surface area contributed by atoms with Crippen LogP contribution in [0.3, 0.4) is 0 Å². The summed E-state index contributed by atoms with van der Waals surface area (Å²) in [5.74, 6) is -1.45. The van der Waals surface area contributed by atoms with Crippen molar-refractivity contribution in [1.29, 1.82) is 0 Å². The molecular weight excluding hydrogens is 647 g/mol. The lowest BCUT2D eigenvalue weighted by Crippen LogP contribution is -2.58. The van der Waals surface area contributed by atoms with E-state index >= 15 is 0 Å². The van der Waals surface area contributed by atoms with Crippen molar-refractivity contribution in [1.82, 2.24) is 20.4 Å². The van der Waals surface area contributed by atoms with Crippen molar-refractivity contribution >= 4 is 31.4 Å². The van der Waals surface area contributed by atoms with Crippen molar-refractivity contribution in [2.24, 2.45) is 17.3 Å². The number of hydrogen-bond donors (Lipinski definition) is 3. The highest BCUT2D eigenvalue weighted by Gasteiger charge is 2.66. The summed E-state index contributed by atoms with van der Waals surface area (Å²) in [4.78, 5) is 69.3. The number of rotatable bonds is 5. The quantitative estimate of drug-likeness (QED) is 0.276. The van der Waals surface area contributed by atoms with E-state index in [0.29, 0.717) is 13.1 Å². The predicted octanol–water partition coefficient (Wildman–Crippen LogP) is 5.31. The maximum Gasteiger partial charge on any atom is 0.410 e. The molecule has 1 saturated carbocycles. The third-order valence-corrected chi connectivity index (χ3v) is 13.8. The molecule has 1 aliphatic carbocycles. The van der Waals surface area contributed by atoms with Crippen LogP contribution in [0.15, 0.2) is 30.9 Å². The van der Waals surface area contributed by atoms with E-state index in [1.54, 1.807) is 45.6 Å². The summed E-state index contributed by atoms with van der Waals surface area (Å²) in [6.45, 7) is 15.4. The predicted molar refractivity (Wildman–Crippen MR) is 185 cm³/mol. The molecule has 1 aromatic carbocycles. The zero-order valence-corrected chi connectivity index (χ0v) is 30.6. The van der Waals surface area contributed by atoms with Gasteiger partial charge in [0, 0.05) is 31.1 Å². The molecule has 2 fully saturated rings. The van der Waals surface area contributed by atoms with Gasteiger partial charge in [0.2, 0.25) is 19.2 Å². The summed E-state index contributed by atoms with van der Waals surface area (Å²) in [5.41, 5.74) is 2.00. The topological polar surface area (TPSA) is 155 Å². The molecular formula is C36H53N4O8P. The van der Waals surface area contributed by atoms with Gasteiger partial charge in [-0.05, 0) is 53.7 Å². The van der Waals surface area contributed by atoms with E-state index < -0.39 is 71.8 Å². The molecule has 4 amide bonds. The lowest BCUT2D eigenvalue weighted by Gasteiger charge is -2.36. The minimum absolute atomic E-state index is 0.0135. The number of benzene rings is 1. The van der Waals surface area contributed by atoms with Gasteiger partial charge in [0.05, 0.1) is 13.2 Å². The van der Waals surface area contributed by atoms with E-state index in [-0.39, 0.29) is 31.9 Å². The van der Waals surface area contributed by atoms with Crippen LogP contribution in [0.25, 0.3) is 0 Å². The Bertz CT molecular complexity index is 1520. The summed E-state index contributed by atoms with van der Waals surface area (Å²) >= 11 is 0. The molecule has 270 valence electrons. The molecule has 3 aliphatic heterocycles. The van der Waals surface area contributed by atoms with Crippen LogP contribution in [0.2, 0.25) is 0 Å². The van der Waals surface area contributed by atoms with Crippen molar-refractivity contribution in [2.75, 3.05) is 13.2 Å². The van der Waals surface area contributed by atoms with E-state index in [0.717, 1.165) is 36.8 Å². The number of cyclic esters (lactones) is 1. The zero-order chi connectivity index (χ0) is 35.9. The van der Waals surface area contributed by atoms with Crippen LogP contribution >= 0.6 is 7.37 Å².